The second-order valence-electron chi connectivity index (χ2n) is 4.68. The molecule has 0 saturated carbocycles. The summed E-state index contributed by atoms with van der Waals surface area (Å²) in [5.74, 6) is 0.723. The first-order chi connectivity index (χ1) is 10.0. The Morgan fingerprint density at radius 3 is 2.76 bits per heavy atom. The summed E-state index contributed by atoms with van der Waals surface area (Å²) in [4.78, 5) is 4.52. The summed E-state index contributed by atoms with van der Waals surface area (Å²) in [7, 11) is 0. The van der Waals surface area contributed by atoms with Crippen LogP contribution in [0.15, 0.2) is 34.8 Å². The lowest BCUT2D eigenvalue weighted by atomic mass is 10.2. The van der Waals surface area contributed by atoms with Crippen molar-refractivity contribution < 1.29 is 4.39 Å². The fourth-order valence-corrected chi connectivity index (χ4v) is 3.46. The summed E-state index contributed by atoms with van der Waals surface area (Å²) >= 11 is 11.5. The fourth-order valence-electron chi connectivity index (χ4n) is 2.35. The lowest BCUT2D eigenvalue weighted by Crippen LogP contribution is -2.01. The van der Waals surface area contributed by atoms with Crippen molar-refractivity contribution in [3.63, 3.8) is 0 Å². The van der Waals surface area contributed by atoms with Crippen LogP contribution >= 0.6 is 50.1 Å². The zero-order valence-corrected chi connectivity index (χ0v) is 15.5. The molecule has 0 atom stereocenters. The molecule has 0 spiro atoms. The highest BCUT2D eigenvalue weighted by Crippen LogP contribution is 2.28. The SMILES string of the molecule is Cc1cc(Br)ccc1-n1c(CCl)nc2cc(I)c(F)cc21. The minimum absolute atomic E-state index is 0.250. The molecule has 2 aromatic carbocycles. The third-order valence-corrected chi connectivity index (χ3v) is 4.84. The van der Waals surface area contributed by atoms with E-state index >= 15 is 0 Å². The molecule has 0 aliphatic rings. The minimum Gasteiger partial charge on any atom is -0.295 e. The van der Waals surface area contributed by atoms with Crippen molar-refractivity contribution in [3.8, 4) is 5.69 Å². The van der Waals surface area contributed by atoms with Crippen LogP contribution in [0.5, 0.6) is 0 Å². The summed E-state index contributed by atoms with van der Waals surface area (Å²) in [6.07, 6.45) is 0. The summed E-state index contributed by atoms with van der Waals surface area (Å²) < 4.78 is 17.4. The van der Waals surface area contributed by atoms with Crippen LogP contribution in [0.3, 0.4) is 0 Å². The Bertz CT molecular complexity index is 847. The van der Waals surface area contributed by atoms with Gasteiger partial charge in [-0.2, -0.15) is 0 Å². The molecule has 21 heavy (non-hydrogen) atoms. The number of benzene rings is 2. The third kappa shape index (κ3) is 2.71. The van der Waals surface area contributed by atoms with Crippen molar-refractivity contribution in [1.82, 2.24) is 9.55 Å². The molecule has 0 saturated heterocycles. The highest BCUT2D eigenvalue weighted by molar-refractivity contribution is 14.1. The number of aromatic nitrogens is 2. The maximum Gasteiger partial charge on any atom is 0.138 e. The number of nitrogens with zero attached hydrogens (tertiary/aromatic N) is 2. The normalized spacial score (nSPS) is 11.3. The lowest BCUT2D eigenvalue weighted by molar-refractivity contribution is 0.621. The van der Waals surface area contributed by atoms with Crippen LogP contribution in [0.4, 0.5) is 4.39 Å². The van der Waals surface area contributed by atoms with Gasteiger partial charge in [0.15, 0.2) is 0 Å². The predicted molar refractivity (Wildman–Crippen MR) is 95.7 cm³/mol. The highest BCUT2D eigenvalue weighted by atomic mass is 127. The monoisotopic (exact) mass is 478 g/mol. The van der Waals surface area contributed by atoms with Crippen LogP contribution in [-0.4, -0.2) is 9.55 Å². The van der Waals surface area contributed by atoms with Gasteiger partial charge < -0.3 is 0 Å². The number of halogens is 4. The van der Waals surface area contributed by atoms with Gasteiger partial charge in [0.05, 0.1) is 26.2 Å². The van der Waals surface area contributed by atoms with E-state index in [2.05, 4.69) is 20.9 Å². The van der Waals surface area contributed by atoms with Crippen molar-refractivity contribution in [3.05, 3.63) is 55.6 Å². The molecular formula is C15H10BrClFIN2. The van der Waals surface area contributed by atoms with E-state index in [1.165, 1.54) is 6.07 Å². The van der Waals surface area contributed by atoms with E-state index in [-0.39, 0.29) is 11.7 Å². The zero-order chi connectivity index (χ0) is 15.1. The maximum atomic E-state index is 13.9. The van der Waals surface area contributed by atoms with E-state index in [1.807, 2.05) is 52.3 Å². The van der Waals surface area contributed by atoms with E-state index in [4.69, 9.17) is 11.6 Å². The molecule has 0 unspecified atom stereocenters. The van der Waals surface area contributed by atoms with Gasteiger partial charge in [0.2, 0.25) is 0 Å². The molecule has 6 heteroatoms. The molecule has 0 bridgehead atoms. The molecule has 0 amide bonds. The van der Waals surface area contributed by atoms with Gasteiger partial charge >= 0.3 is 0 Å². The van der Waals surface area contributed by atoms with E-state index < -0.39 is 0 Å². The van der Waals surface area contributed by atoms with Gasteiger partial charge in [-0.15, -0.1) is 11.6 Å². The number of alkyl halides is 1. The molecular weight excluding hydrogens is 469 g/mol. The first kappa shape index (κ1) is 15.2. The predicted octanol–water partition coefficient (Wildman–Crippen LogP) is 5.58. The van der Waals surface area contributed by atoms with Gasteiger partial charge in [-0.3, -0.25) is 4.57 Å². The lowest BCUT2D eigenvalue weighted by Gasteiger charge is -2.11. The summed E-state index contributed by atoms with van der Waals surface area (Å²) in [5.41, 5.74) is 3.50. The van der Waals surface area contributed by atoms with Crippen molar-refractivity contribution in [2.45, 2.75) is 12.8 Å². The standard InChI is InChI=1S/C15H10BrClFIN2/c1-8-4-9(16)2-3-13(8)21-14-5-10(18)11(19)6-12(14)20-15(21)7-17/h2-6H,7H2,1H3. The quantitative estimate of drug-likeness (QED) is 0.347. The second-order valence-corrected chi connectivity index (χ2v) is 7.03. The van der Waals surface area contributed by atoms with Crippen LogP contribution in [0.25, 0.3) is 16.7 Å². The second kappa shape index (κ2) is 5.85. The van der Waals surface area contributed by atoms with Crippen molar-refractivity contribution in [1.29, 1.82) is 0 Å². The Hall–Kier alpha value is -0.660. The Morgan fingerprint density at radius 1 is 1.33 bits per heavy atom. The van der Waals surface area contributed by atoms with Gasteiger partial charge in [0.1, 0.15) is 11.6 Å². The van der Waals surface area contributed by atoms with E-state index in [9.17, 15) is 4.39 Å². The number of imidazole rings is 1. The number of hydrogen-bond acceptors (Lipinski definition) is 1. The maximum absolute atomic E-state index is 13.9. The van der Waals surface area contributed by atoms with Gasteiger partial charge in [-0.05, 0) is 59.3 Å². The van der Waals surface area contributed by atoms with Gasteiger partial charge in [0, 0.05) is 10.5 Å². The summed E-state index contributed by atoms with van der Waals surface area (Å²) in [6, 6.07) is 9.21. The van der Waals surface area contributed by atoms with E-state index in [0.717, 1.165) is 26.8 Å². The van der Waals surface area contributed by atoms with Crippen molar-refractivity contribution in [2.24, 2.45) is 0 Å². The number of aryl methyl sites for hydroxylation is 1. The van der Waals surface area contributed by atoms with Gasteiger partial charge in [-0.25, -0.2) is 9.37 Å². The molecule has 0 radical (unpaired) electrons. The average Bonchev–Trinajstić information content (AvgIpc) is 2.77. The van der Waals surface area contributed by atoms with E-state index in [1.54, 1.807) is 6.07 Å². The van der Waals surface area contributed by atoms with Crippen LogP contribution in [-0.2, 0) is 5.88 Å². The molecule has 1 aromatic heterocycles. The van der Waals surface area contributed by atoms with Gasteiger partial charge in [-0.1, -0.05) is 15.9 Å². The first-order valence-corrected chi connectivity index (χ1v) is 8.60. The molecule has 108 valence electrons. The number of hydrogen-bond donors (Lipinski definition) is 0. The Labute approximate surface area is 148 Å². The minimum atomic E-state index is -0.250. The summed E-state index contributed by atoms with van der Waals surface area (Å²) in [6.45, 7) is 2.01. The molecule has 3 aromatic rings. The largest absolute Gasteiger partial charge is 0.295 e. The molecule has 0 fully saturated rings. The Balaban J connectivity index is 2.37. The van der Waals surface area contributed by atoms with Crippen LogP contribution in [0, 0.1) is 16.3 Å². The Kier molecular flexibility index (Phi) is 4.25. The Morgan fingerprint density at radius 2 is 2.10 bits per heavy atom. The van der Waals surface area contributed by atoms with E-state index in [0.29, 0.717) is 9.39 Å². The van der Waals surface area contributed by atoms with Crippen LogP contribution in [0.2, 0.25) is 0 Å². The molecule has 2 nitrogen and oxygen atoms in total. The zero-order valence-electron chi connectivity index (χ0n) is 11.0. The highest BCUT2D eigenvalue weighted by Gasteiger charge is 2.15. The van der Waals surface area contributed by atoms with Gasteiger partial charge in [0.25, 0.3) is 0 Å². The first-order valence-electron chi connectivity index (χ1n) is 6.20. The van der Waals surface area contributed by atoms with Crippen LogP contribution in [0.1, 0.15) is 11.4 Å². The van der Waals surface area contributed by atoms with Crippen molar-refractivity contribution >= 4 is 61.2 Å². The smallest absolute Gasteiger partial charge is 0.138 e. The average molecular weight is 480 g/mol. The fraction of sp³-hybridized carbons (Fsp3) is 0.133. The third-order valence-electron chi connectivity index (χ3n) is 3.29. The topological polar surface area (TPSA) is 17.8 Å². The number of rotatable bonds is 2. The molecule has 0 aliphatic carbocycles. The van der Waals surface area contributed by atoms with Crippen molar-refractivity contribution in [2.75, 3.05) is 0 Å². The molecule has 3 rings (SSSR count). The molecule has 0 N–H and O–H groups in total. The molecule has 0 aliphatic heterocycles. The summed E-state index contributed by atoms with van der Waals surface area (Å²) in [5, 5.41) is 0. The van der Waals surface area contributed by atoms with Crippen LogP contribution < -0.4 is 0 Å². The number of fused-ring (bicyclic) bond motifs is 1. The molecule has 1 heterocycles.